The highest BCUT2D eigenvalue weighted by atomic mass is 16.6. The van der Waals surface area contributed by atoms with Crippen molar-refractivity contribution >= 4 is 11.5 Å². The van der Waals surface area contributed by atoms with Gasteiger partial charge in [0.05, 0.1) is 18.6 Å². The second kappa shape index (κ2) is 6.15. The standard InChI is InChI=1S/C11H17N3O4/c1-8(2)13(6-7-15)11-9(14(16)17)4-5-10(12-11)18-3/h4-5,8,15H,6-7H2,1-3H3. The van der Waals surface area contributed by atoms with E-state index < -0.39 is 4.92 Å². The highest BCUT2D eigenvalue weighted by Gasteiger charge is 2.23. The van der Waals surface area contributed by atoms with Gasteiger partial charge in [0.15, 0.2) is 0 Å². The SMILES string of the molecule is COc1ccc([N+](=O)[O-])c(N(CCO)C(C)C)n1. The van der Waals surface area contributed by atoms with E-state index in [1.807, 2.05) is 13.8 Å². The Kier molecular flexibility index (Phi) is 4.85. The highest BCUT2D eigenvalue weighted by molar-refractivity contribution is 5.59. The number of rotatable bonds is 6. The summed E-state index contributed by atoms with van der Waals surface area (Å²) in [5.74, 6) is 0.516. The number of aromatic nitrogens is 1. The molecule has 100 valence electrons. The molecule has 0 unspecified atom stereocenters. The Balaban J connectivity index is 3.27. The maximum absolute atomic E-state index is 11.0. The molecule has 0 aliphatic heterocycles. The largest absolute Gasteiger partial charge is 0.481 e. The lowest BCUT2D eigenvalue weighted by Gasteiger charge is -2.26. The van der Waals surface area contributed by atoms with Crippen molar-refractivity contribution in [3.05, 3.63) is 22.2 Å². The summed E-state index contributed by atoms with van der Waals surface area (Å²) < 4.78 is 4.97. The molecule has 7 nitrogen and oxygen atoms in total. The third-order valence-electron chi connectivity index (χ3n) is 2.47. The molecule has 0 spiro atoms. The van der Waals surface area contributed by atoms with Crippen LogP contribution in [0.25, 0.3) is 0 Å². The molecular formula is C11H17N3O4. The van der Waals surface area contributed by atoms with Gasteiger partial charge in [0, 0.05) is 24.7 Å². The fourth-order valence-electron chi connectivity index (χ4n) is 1.61. The monoisotopic (exact) mass is 255 g/mol. The number of nitrogens with zero attached hydrogens (tertiary/aromatic N) is 3. The zero-order valence-electron chi connectivity index (χ0n) is 10.7. The molecule has 0 aromatic carbocycles. The Labute approximate surface area is 105 Å². The first-order valence-corrected chi connectivity index (χ1v) is 5.58. The first-order valence-electron chi connectivity index (χ1n) is 5.58. The van der Waals surface area contributed by atoms with E-state index >= 15 is 0 Å². The van der Waals surface area contributed by atoms with Crippen molar-refractivity contribution in [2.45, 2.75) is 19.9 Å². The van der Waals surface area contributed by atoms with Crippen LogP contribution >= 0.6 is 0 Å². The Bertz CT molecular complexity index is 423. The summed E-state index contributed by atoms with van der Waals surface area (Å²) in [6.45, 7) is 3.92. The molecule has 1 heterocycles. The van der Waals surface area contributed by atoms with Crippen molar-refractivity contribution in [2.75, 3.05) is 25.2 Å². The highest BCUT2D eigenvalue weighted by Crippen LogP contribution is 2.29. The molecule has 0 radical (unpaired) electrons. The molecule has 1 rings (SSSR count). The van der Waals surface area contributed by atoms with E-state index in [9.17, 15) is 10.1 Å². The molecule has 0 bridgehead atoms. The van der Waals surface area contributed by atoms with Crippen molar-refractivity contribution in [3.63, 3.8) is 0 Å². The quantitative estimate of drug-likeness (QED) is 0.607. The Morgan fingerprint density at radius 2 is 2.22 bits per heavy atom. The van der Waals surface area contributed by atoms with Crippen LogP contribution in [-0.4, -0.2) is 41.3 Å². The number of nitro groups is 1. The van der Waals surface area contributed by atoms with E-state index in [1.54, 1.807) is 4.90 Å². The van der Waals surface area contributed by atoms with E-state index in [-0.39, 0.29) is 30.7 Å². The topological polar surface area (TPSA) is 88.7 Å². The first kappa shape index (κ1) is 14.2. The smallest absolute Gasteiger partial charge is 0.311 e. The molecule has 1 N–H and O–H groups in total. The van der Waals surface area contributed by atoms with Crippen LogP contribution in [-0.2, 0) is 0 Å². The summed E-state index contributed by atoms with van der Waals surface area (Å²) in [6, 6.07) is 2.78. The van der Waals surface area contributed by atoms with Gasteiger partial charge in [-0.25, -0.2) is 0 Å². The van der Waals surface area contributed by atoms with Gasteiger partial charge in [-0.05, 0) is 13.8 Å². The van der Waals surface area contributed by atoms with Crippen molar-refractivity contribution < 1.29 is 14.8 Å². The molecule has 18 heavy (non-hydrogen) atoms. The van der Waals surface area contributed by atoms with Gasteiger partial charge in [-0.1, -0.05) is 0 Å². The minimum absolute atomic E-state index is 0.0181. The molecule has 0 amide bonds. The van der Waals surface area contributed by atoms with Gasteiger partial charge in [-0.3, -0.25) is 10.1 Å². The van der Waals surface area contributed by atoms with Crippen molar-refractivity contribution in [1.29, 1.82) is 0 Å². The fourth-order valence-corrected chi connectivity index (χ4v) is 1.61. The number of anilines is 1. The third-order valence-corrected chi connectivity index (χ3v) is 2.47. The van der Waals surface area contributed by atoms with Crippen LogP contribution in [0.1, 0.15) is 13.8 Å². The summed E-state index contributed by atoms with van der Waals surface area (Å²) in [5.41, 5.74) is -0.0991. The first-order chi connectivity index (χ1) is 8.51. The number of pyridine rings is 1. The molecule has 0 aliphatic rings. The molecule has 0 saturated carbocycles. The maximum Gasteiger partial charge on any atom is 0.311 e. The lowest BCUT2D eigenvalue weighted by atomic mass is 10.2. The van der Waals surface area contributed by atoms with Crippen LogP contribution in [0.3, 0.4) is 0 Å². The summed E-state index contributed by atoms with van der Waals surface area (Å²) in [7, 11) is 1.45. The normalized spacial score (nSPS) is 10.5. The minimum atomic E-state index is -0.492. The second-order valence-electron chi connectivity index (χ2n) is 3.96. The van der Waals surface area contributed by atoms with Crippen molar-refractivity contribution in [2.24, 2.45) is 0 Å². The zero-order valence-corrected chi connectivity index (χ0v) is 10.7. The van der Waals surface area contributed by atoms with Gasteiger partial charge in [0.2, 0.25) is 11.7 Å². The van der Waals surface area contributed by atoms with Gasteiger partial charge in [0.1, 0.15) is 0 Å². The van der Waals surface area contributed by atoms with Crippen molar-refractivity contribution in [3.8, 4) is 5.88 Å². The Morgan fingerprint density at radius 3 is 2.67 bits per heavy atom. The molecular weight excluding hydrogens is 238 g/mol. The van der Waals surface area contributed by atoms with Gasteiger partial charge in [-0.15, -0.1) is 0 Å². The number of hydrogen-bond acceptors (Lipinski definition) is 6. The Morgan fingerprint density at radius 1 is 1.56 bits per heavy atom. The van der Waals surface area contributed by atoms with Gasteiger partial charge < -0.3 is 14.7 Å². The molecule has 7 heteroatoms. The Hall–Kier alpha value is -1.89. The lowest BCUT2D eigenvalue weighted by molar-refractivity contribution is -0.384. The van der Waals surface area contributed by atoms with Crippen molar-refractivity contribution in [1.82, 2.24) is 4.98 Å². The van der Waals surface area contributed by atoms with E-state index in [0.717, 1.165) is 0 Å². The van der Waals surface area contributed by atoms with Crippen LogP contribution in [0, 0.1) is 10.1 Å². The number of methoxy groups -OCH3 is 1. The van der Waals surface area contributed by atoms with E-state index in [1.165, 1.54) is 19.2 Å². The van der Waals surface area contributed by atoms with E-state index in [4.69, 9.17) is 9.84 Å². The third kappa shape index (κ3) is 3.07. The molecule has 1 aromatic rings. The molecule has 0 fully saturated rings. The maximum atomic E-state index is 11.0. The predicted molar refractivity (Wildman–Crippen MR) is 67.0 cm³/mol. The van der Waals surface area contributed by atoms with Crippen LogP contribution in [0.4, 0.5) is 11.5 Å². The molecule has 0 aliphatic carbocycles. The average Bonchev–Trinajstić information content (AvgIpc) is 2.34. The molecule has 0 atom stereocenters. The van der Waals surface area contributed by atoms with E-state index in [0.29, 0.717) is 5.88 Å². The number of aliphatic hydroxyl groups is 1. The van der Waals surface area contributed by atoms with Crippen LogP contribution in [0.15, 0.2) is 12.1 Å². The second-order valence-corrected chi connectivity index (χ2v) is 3.96. The average molecular weight is 255 g/mol. The van der Waals surface area contributed by atoms with Gasteiger partial charge in [0.25, 0.3) is 0 Å². The fraction of sp³-hybridized carbons (Fsp3) is 0.545. The van der Waals surface area contributed by atoms with E-state index in [2.05, 4.69) is 4.98 Å². The summed E-state index contributed by atoms with van der Waals surface area (Å²) in [6.07, 6.45) is 0. The zero-order chi connectivity index (χ0) is 13.7. The summed E-state index contributed by atoms with van der Waals surface area (Å²) in [5, 5.41) is 20.0. The molecule has 1 aromatic heterocycles. The van der Waals surface area contributed by atoms with Gasteiger partial charge >= 0.3 is 5.69 Å². The van der Waals surface area contributed by atoms with Crippen LogP contribution in [0.5, 0.6) is 5.88 Å². The number of hydrogen-bond donors (Lipinski definition) is 1. The van der Waals surface area contributed by atoms with Crippen LogP contribution < -0.4 is 9.64 Å². The summed E-state index contributed by atoms with van der Waals surface area (Å²) in [4.78, 5) is 16.3. The number of aliphatic hydroxyl groups excluding tert-OH is 1. The lowest BCUT2D eigenvalue weighted by Crippen LogP contribution is -2.34. The minimum Gasteiger partial charge on any atom is -0.481 e. The van der Waals surface area contributed by atoms with Gasteiger partial charge in [-0.2, -0.15) is 4.98 Å². The van der Waals surface area contributed by atoms with Crippen LogP contribution in [0.2, 0.25) is 0 Å². The molecule has 0 saturated heterocycles. The predicted octanol–water partition coefficient (Wildman–Crippen LogP) is 1.21. The number of ether oxygens (including phenoxy) is 1. The summed E-state index contributed by atoms with van der Waals surface area (Å²) >= 11 is 0.